The summed E-state index contributed by atoms with van der Waals surface area (Å²) in [4.78, 5) is 13.4. The largest absolute Gasteiger partial charge is 0.489 e. The zero-order valence-electron chi connectivity index (χ0n) is 18.7. The summed E-state index contributed by atoms with van der Waals surface area (Å²) in [5.41, 5.74) is 9.44. The van der Waals surface area contributed by atoms with Gasteiger partial charge in [-0.3, -0.25) is 10.3 Å². The van der Waals surface area contributed by atoms with Gasteiger partial charge in [-0.25, -0.2) is 18.6 Å². The van der Waals surface area contributed by atoms with E-state index in [4.69, 9.17) is 31.1 Å². The van der Waals surface area contributed by atoms with Crippen molar-refractivity contribution in [2.24, 2.45) is 0 Å². The molecule has 0 aliphatic rings. The van der Waals surface area contributed by atoms with E-state index < -0.39 is 7.82 Å². The van der Waals surface area contributed by atoms with Crippen molar-refractivity contribution < 1.29 is 32.3 Å². The van der Waals surface area contributed by atoms with Gasteiger partial charge in [0, 0.05) is 25.8 Å². The fourth-order valence-corrected chi connectivity index (χ4v) is 3.78. The van der Waals surface area contributed by atoms with Crippen LogP contribution in [-0.2, 0) is 33.4 Å². The average Bonchev–Trinajstić information content (AvgIpc) is 3.31. The standard InChI is InChI=1S/C23H22ClN4O6P/c1-31-35(29,30)33-15-28-10-2-3-20(23(28)25)21-13-18(27-34-21)11-16-4-6-19(7-5-16)32-14-17-8-9-26-22(24)12-17/h2-10,12-13,25H,11,14-15H2,1H3,(H,29,30)/p+1. The number of phosphoric ester groups is 1. The number of anilines is 1. The van der Waals surface area contributed by atoms with Gasteiger partial charge in [-0.15, -0.1) is 0 Å². The molecule has 1 aromatic carbocycles. The molecule has 12 heteroatoms. The molecule has 3 heterocycles. The maximum Gasteiger partial charge on any atom is 0.475 e. The number of pyridine rings is 2. The van der Waals surface area contributed by atoms with Crippen LogP contribution in [0.15, 0.2) is 71.5 Å². The monoisotopic (exact) mass is 517 g/mol. The molecule has 0 saturated carbocycles. The molecule has 0 bridgehead atoms. The molecule has 3 aromatic heterocycles. The van der Waals surface area contributed by atoms with Crippen LogP contribution in [0.2, 0.25) is 5.15 Å². The molecule has 0 fully saturated rings. The molecular formula is C23H23ClN4O6P+. The lowest BCUT2D eigenvalue weighted by atomic mass is 10.1. The number of hydrogen-bond donors (Lipinski definition) is 2. The minimum Gasteiger partial charge on any atom is -0.489 e. The lowest BCUT2D eigenvalue weighted by Crippen LogP contribution is -2.38. The van der Waals surface area contributed by atoms with Gasteiger partial charge in [-0.05, 0) is 47.5 Å². The Bertz CT molecular complexity index is 1350. The van der Waals surface area contributed by atoms with E-state index in [9.17, 15) is 9.46 Å². The molecule has 0 saturated heterocycles. The second-order valence-electron chi connectivity index (χ2n) is 7.46. The fourth-order valence-electron chi connectivity index (χ4n) is 3.21. The molecule has 0 radical (unpaired) electrons. The van der Waals surface area contributed by atoms with Gasteiger partial charge in [0.1, 0.15) is 23.1 Å². The van der Waals surface area contributed by atoms with Gasteiger partial charge >= 0.3 is 7.82 Å². The van der Waals surface area contributed by atoms with Gasteiger partial charge in [-0.2, -0.15) is 0 Å². The van der Waals surface area contributed by atoms with Crippen LogP contribution in [0.5, 0.6) is 5.75 Å². The minimum absolute atomic E-state index is 0.273. The first-order chi connectivity index (χ1) is 16.8. The van der Waals surface area contributed by atoms with E-state index in [1.807, 2.05) is 30.3 Å². The van der Waals surface area contributed by atoms with Gasteiger partial charge < -0.3 is 14.2 Å². The number of nitrogens with two attached hydrogens (primary N) is 1. The number of benzene rings is 1. The van der Waals surface area contributed by atoms with Crippen molar-refractivity contribution in [3.63, 3.8) is 0 Å². The Kier molecular flexibility index (Phi) is 7.80. The van der Waals surface area contributed by atoms with Crippen LogP contribution < -0.4 is 15.0 Å². The number of rotatable bonds is 10. The predicted octanol–water partition coefficient (Wildman–Crippen LogP) is 4.15. The molecule has 0 aliphatic carbocycles. The number of aromatic nitrogens is 3. The highest BCUT2D eigenvalue weighted by molar-refractivity contribution is 7.47. The Balaban J connectivity index is 1.39. The van der Waals surface area contributed by atoms with Crippen molar-refractivity contribution in [2.45, 2.75) is 19.8 Å². The van der Waals surface area contributed by atoms with Crippen molar-refractivity contribution in [1.29, 1.82) is 0 Å². The van der Waals surface area contributed by atoms with Crippen LogP contribution in [-0.4, -0.2) is 22.1 Å². The van der Waals surface area contributed by atoms with E-state index in [0.717, 1.165) is 24.0 Å². The van der Waals surface area contributed by atoms with Gasteiger partial charge in [-0.1, -0.05) is 28.9 Å². The summed E-state index contributed by atoms with van der Waals surface area (Å²) in [5.74, 6) is 1.47. The molecule has 182 valence electrons. The predicted molar refractivity (Wildman–Crippen MR) is 127 cm³/mol. The van der Waals surface area contributed by atoms with Gasteiger partial charge in [0.15, 0.2) is 5.76 Å². The first kappa shape index (κ1) is 24.8. The molecule has 1 atom stereocenters. The molecule has 1 unspecified atom stereocenters. The lowest BCUT2D eigenvalue weighted by molar-refractivity contribution is -0.711. The summed E-state index contributed by atoms with van der Waals surface area (Å²) >= 11 is 5.90. The van der Waals surface area contributed by atoms with Crippen molar-refractivity contribution in [3.8, 4) is 17.1 Å². The smallest absolute Gasteiger partial charge is 0.475 e. The molecule has 4 aromatic rings. The highest BCUT2D eigenvalue weighted by Gasteiger charge is 2.22. The minimum atomic E-state index is -4.14. The molecule has 3 N–H and O–H groups in total. The highest BCUT2D eigenvalue weighted by atomic mass is 35.5. The van der Waals surface area contributed by atoms with E-state index in [2.05, 4.69) is 14.7 Å². The van der Waals surface area contributed by atoms with E-state index >= 15 is 0 Å². The summed E-state index contributed by atoms with van der Waals surface area (Å²) in [6.07, 6.45) is 3.79. The zero-order valence-corrected chi connectivity index (χ0v) is 20.4. The Morgan fingerprint density at radius 2 is 1.97 bits per heavy atom. The lowest BCUT2D eigenvalue weighted by Gasteiger charge is -2.09. The Hall–Kier alpha value is -3.27. The number of nitrogens with zero attached hydrogens (tertiary/aromatic N) is 3. The van der Waals surface area contributed by atoms with Crippen molar-refractivity contribution in [3.05, 3.63) is 89.0 Å². The normalized spacial score (nSPS) is 12.9. The topological polar surface area (TPSA) is 134 Å². The number of halogens is 1. The van der Waals surface area contributed by atoms with Crippen molar-refractivity contribution in [1.82, 2.24) is 10.1 Å². The SMILES string of the molecule is COP(=O)(O)OC[n+]1cccc(-c2cc(Cc3ccc(OCc4ccnc(Cl)c4)cc3)no2)c1N. The summed E-state index contributed by atoms with van der Waals surface area (Å²) in [7, 11) is -3.05. The second-order valence-corrected chi connectivity index (χ2v) is 9.41. The summed E-state index contributed by atoms with van der Waals surface area (Å²) in [6.45, 7) is 0.115. The third-order valence-electron chi connectivity index (χ3n) is 5.03. The molecule has 0 aliphatic heterocycles. The Morgan fingerprint density at radius 1 is 1.17 bits per heavy atom. The molecule has 10 nitrogen and oxygen atoms in total. The Labute approximate surface area is 206 Å². The van der Waals surface area contributed by atoms with Crippen LogP contribution in [0, 0.1) is 0 Å². The van der Waals surface area contributed by atoms with Crippen molar-refractivity contribution in [2.75, 3.05) is 12.8 Å². The first-order valence-electron chi connectivity index (χ1n) is 10.4. The molecule has 4 rings (SSSR count). The number of ether oxygens (including phenoxy) is 1. The van der Waals surface area contributed by atoms with Gasteiger partial charge in [0.25, 0.3) is 5.82 Å². The van der Waals surface area contributed by atoms with Crippen LogP contribution in [0.25, 0.3) is 11.3 Å². The highest BCUT2D eigenvalue weighted by Crippen LogP contribution is 2.41. The number of nitrogen functional groups attached to an aromatic ring is 1. The maximum absolute atomic E-state index is 11.5. The average molecular weight is 518 g/mol. The van der Waals surface area contributed by atoms with Crippen LogP contribution in [0.3, 0.4) is 0 Å². The van der Waals surface area contributed by atoms with Crippen LogP contribution in [0.4, 0.5) is 5.82 Å². The summed E-state index contributed by atoms with van der Waals surface area (Å²) in [5, 5.41) is 4.57. The summed E-state index contributed by atoms with van der Waals surface area (Å²) < 4.78 is 33.6. The van der Waals surface area contributed by atoms with E-state index in [-0.39, 0.29) is 12.5 Å². The van der Waals surface area contributed by atoms with Crippen LogP contribution in [0.1, 0.15) is 16.8 Å². The van der Waals surface area contributed by atoms with Gasteiger partial charge in [0.05, 0.1) is 11.9 Å². The molecular weight excluding hydrogens is 495 g/mol. The molecule has 0 spiro atoms. The number of hydrogen-bond acceptors (Lipinski definition) is 8. The first-order valence-corrected chi connectivity index (χ1v) is 12.3. The third-order valence-corrected chi connectivity index (χ3v) is 6.14. The fraction of sp³-hybridized carbons (Fsp3) is 0.174. The molecule has 0 amide bonds. The van der Waals surface area contributed by atoms with Gasteiger partial charge in [0.2, 0.25) is 6.73 Å². The van der Waals surface area contributed by atoms with E-state index in [1.54, 1.807) is 36.7 Å². The van der Waals surface area contributed by atoms with Crippen molar-refractivity contribution >= 4 is 25.2 Å². The molecule has 35 heavy (non-hydrogen) atoms. The maximum atomic E-state index is 11.5. The zero-order chi connectivity index (χ0) is 24.8. The van der Waals surface area contributed by atoms with E-state index in [0.29, 0.717) is 35.2 Å². The van der Waals surface area contributed by atoms with Crippen LogP contribution >= 0.6 is 19.4 Å². The number of phosphoric acid groups is 1. The van der Waals surface area contributed by atoms with E-state index in [1.165, 1.54) is 4.57 Å². The Morgan fingerprint density at radius 3 is 2.71 bits per heavy atom. The summed E-state index contributed by atoms with van der Waals surface area (Å²) in [6, 6.07) is 16.5. The quantitative estimate of drug-likeness (QED) is 0.181. The third kappa shape index (κ3) is 6.66. The second kappa shape index (κ2) is 11.0.